The molecule has 2 heterocycles. The summed E-state index contributed by atoms with van der Waals surface area (Å²) in [7, 11) is 0. The largest absolute Gasteiger partial charge is 0.382 e. The van der Waals surface area contributed by atoms with Gasteiger partial charge in [0, 0.05) is 31.4 Å². The van der Waals surface area contributed by atoms with Crippen molar-refractivity contribution >= 4 is 23.2 Å². The number of hydrogen-bond donors (Lipinski definition) is 2. The van der Waals surface area contributed by atoms with Gasteiger partial charge in [-0.05, 0) is 12.5 Å². The second kappa shape index (κ2) is 4.49. The lowest BCUT2D eigenvalue weighted by molar-refractivity contribution is -0.119. The van der Waals surface area contributed by atoms with Gasteiger partial charge in [0.2, 0.25) is 5.91 Å². The van der Waals surface area contributed by atoms with Crippen molar-refractivity contribution in [1.29, 1.82) is 0 Å². The van der Waals surface area contributed by atoms with Gasteiger partial charge in [0.15, 0.2) is 0 Å². The van der Waals surface area contributed by atoms with Crippen molar-refractivity contribution in [1.82, 2.24) is 10.3 Å². The number of aromatic nitrogens is 1. The Morgan fingerprint density at radius 3 is 3.20 bits per heavy atom. The highest BCUT2D eigenvalue weighted by molar-refractivity contribution is 6.33. The Labute approximate surface area is 93.0 Å². The second-order valence-electron chi connectivity index (χ2n) is 3.54. The molecular weight excluding hydrogens is 214 g/mol. The van der Waals surface area contributed by atoms with Crippen molar-refractivity contribution < 1.29 is 4.79 Å². The van der Waals surface area contributed by atoms with Crippen molar-refractivity contribution in [3.63, 3.8) is 0 Å². The molecule has 0 spiro atoms. The normalized spacial score (nSPS) is 20.1. The molecule has 1 aromatic heterocycles. The maximum Gasteiger partial charge on any atom is 0.220 e. The number of halogens is 1. The van der Waals surface area contributed by atoms with E-state index in [9.17, 15) is 4.79 Å². The van der Waals surface area contributed by atoms with Crippen LogP contribution in [0.4, 0.5) is 5.69 Å². The van der Waals surface area contributed by atoms with Gasteiger partial charge in [0.1, 0.15) is 0 Å². The van der Waals surface area contributed by atoms with Gasteiger partial charge in [0.25, 0.3) is 0 Å². The van der Waals surface area contributed by atoms with Gasteiger partial charge in [0.05, 0.1) is 10.7 Å². The Kier molecular flexibility index (Phi) is 3.06. The molecular formula is C10H12ClN3O. The van der Waals surface area contributed by atoms with Crippen LogP contribution in [0.15, 0.2) is 18.5 Å². The van der Waals surface area contributed by atoms with Crippen LogP contribution >= 0.6 is 11.6 Å². The summed E-state index contributed by atoms with van der Waals surface area (Å²) in [4.78, 5) is 14.9. The highest BCUT2D eigenvalue weighted by Crippen LogP contribution is 2.19. The fourth-order valence-electron chi connectivity index (χ4n) is 1.58. The summed E-state index contributed by atoms with van der Waals surface area (Å²) in [6, 6.07) is 2.03. The zero-order valence-electron chi connectivity index (χ0n) is 8.16. The molecule has 1 fully saturated rings. The number of carbonyl (C=O) groups is 1. The summed E-state index contributed by atoms with van der Waals surface area (Å²) < 4.78 is 0. The third-order valence-electron chi connectivity index (χ3n) is 2.40. The van der Waals surface area contributed by atoms with Crippen LogP contribution in [0.3, 0.4) is 0 Å². The van der Waals surface area contributed by atoms with Crippen molar-refractivity contribution in [3.8, 4) is 0 Å². The first-order valence-electron chi connectivity index (χ1n) is 4.88. The van der Waals surface area contributed by atoms with Gasteiger partial charge < -0.3 is 10.6 Å². The number of rotatable bonds is 3. The van der Waals surface area contributed by atoms with Crippen LogP contribution in [-0.2, 0) is 4.79 Å². The molecule has 1 unspecified atom stereocenters. The van der Waals surface area contributed by atoms with Crippen LogP contribution in [0.25, 0.3) is 0 Å². The summed E-state index contributed by atoms with van der Waals surface area (Å²) >= 11 is 5.93. The molecule has 1 aliphatic rings. The number of anilines is 1. The van der Waals surface area contributed by atoms with Crippen LogP contribution in [0, 0.1) is 0 Å². The maximum absolute atomic E-state index is 11.0. The molecule has 0 saturated carbocycles. The molecule has 15 heavy (non-hydrogen) atoms. The summed E-state index contributed by atoms with van der Waals surface area (Å²) in [5, 5.41) is 6.67. The van der Waals surface area contributed by atoms with Gasteiger partial charge in [-0.3, -0.25) is 9.78 Å². The molecule has 0 radical (unpaired) electrons. The van der Waals surface area contributed by atoms with E-state index in [1.54, 1.807) is 12.4 Å². The number of nitrogens with one attached hydrogen (secondary N) is 2. The summed E-state index contributed by atoms with van der Waals surface area (Å²) in [5.74, 6) is 0.127. The van der Waals surface area contributed by atoms with Gasteiger partial charge >= 0.3 is 0 Å². The van der Waals surface area contributed by atoms with E-state index in [2.05, 4.69) is 15.6 Å². The Morgan fingerprint density at radius 1 is 1.67 bits per heavy atom. The third kappa shape index (κ3) is 2.59. The van der Waals surface area contributed by atoms with E-state index in [0.717, 1.165) is 12.1 Å². The first-order chi connectivity index (χ1) is 7.25. The van der Waals surface area contributed by atoms with Crippen molar-refractivity contribution in [2.24, 2.45) is 0 Å². The maximum atomic E-state index is 11.0. The number of amides is 1. The highest BCUT2D eigenvalue weighted by Gasteiger charge is 2.20. The van der Waals surface area contributed by atoms with Crippen LogP contribution < -0.4 is 10.6 Å². The summed E-state index contributed by atoms with van der Waals surface area (Å²) in [5.41, 5.74) is 0.854. The Morgan fingerprint density at radius 2 is 2.53 bits per heavy atom. The van der Waals surface area contributed by atoms with Gasteiger partial charge in [-0.15, -0.1) is 0 Å². The zero-order valence-corrected chi connectivity index (χ0v) is 8.92. The smallest absolute Gasteiger partial charge is 0.220 e. The molecule has 80 valence electrons. The van der Waals surface area contributed by atoms with E-state index in [1.807, 2.05) is 6.07 Å². The molecule has 2 N–H and O–H groups in total. The summed E-state index contributed by atoms with van der Waals surface area (Å²) in [6.45, 7) is 0.704. The molecule has 1 aromatic rings. The Balaban J connectivity index is 1.88. The second-order valence-corrected chi connectivity index (χ2v) is 3.95. The van der Waals surface area contributed by atoms with E-state index in [1.165, 1.54) is 0 Å². The molecule has 0 bridgehead atoms. The highest BCUT2D eigenvalue weighted by atomic mass is 35.5. The van der Waals surface area contributed by atoms with E-state index >= 15 is 0 Å². The van der Waals surface area contributed by atoms with Crippen LogP contribution in [0.2, 0.25) is 5.02 Å². The standard InChI is InChI=1S/C10H12ClN3O/c11-8-6-12-4-3-9(8)13-5-7-1-2-10(15)14-7/h3-4,6-7H,1-2,5H2,(H,12,13)(H,14,15). The lowest BCUT2D eigenvalue weighted by atomic mass is 10.2. The third-order valence-corrected chi connectivity index (χ3v) is 2.70. The van der Waals surface area contributed by atoms with Gasteiger partial charge in [-0.25, -0.2) is 0 Å². The van der Waals surface area contributed by atoms with Crippen molar-refractivity contribution in [2.75, 3.05) is 11.9 Å². The molecule has 0 aromatic carbocycles. The molecule has 1 saturated heterocycles. The SMILES string of the molecule is O=C1CCC(CNc2ccncc2Cl)N1. The predicted molar refractivity (Wildman–Crippen MR) is 58.9 cm³/mol. The summed E-state index contributed by atoms with van der Waals surface area (Å²) in [6.07, 6.45) is 4.78. The number of hydrogen-bond acceptors (Lipinski definition) is 3. The van der Waals surface area contributed by atoms with Gasteiger partial charge in [-0.1, -0.05) is 11.6 Å². The monoisotopic (exact) mass is 225 g/mol. The van der Waals surface area contributed by atoms with E-state index in [-0.39, 0.29) is 11.9 Å². The molecule has 5 heteroatoms. The molecule has 0 aliphatic carbocycles. The number of nitrogens with zero attached hydrogens (tertiary/aromatic N) is 1. The molecule has 1 atom stereocenters. The van der Waals surface area contributed by atoms with E-state index in [0.29, 0.717) is 18.0 Å². The van der Waals surface area contributed by atoms with Gasteiger partial charge in [-0.2, -0.15) is 0 Å². The minimum Gasteiger partial charge on any atom is -0.382 e. The minimum atomic E-state index is 0.127. The minimum absolute atomic E-state index is 0.127. The van der Waals surface area contributed by atoms with E-state index < -0.39 is 0 Å². The quantitative estimate of drug-likeness (QED) is 0.818. The first kappa shape index (κ1) is 10.2. The van der Waals surface area contributed by atoms with Crippen molar-refractivity contribution in [3.05, 3.63) is 23.5 Å². The number of pyridine rings is 1. The topological polar surface area (TPSA) is 54.0 Å². The average Bonchev–Trinajstić information content (AvgIpc) is 2.63. The molecule has 1 amide bonds. The lowest BCUT2D eigenvalue weighted by Gasteiger charge is -2.12. The average molecular weight is 226 g/mol. The van der Waals surface area contributed by atoms with Crippen molar-refractivity contribution in [2.45, 2.75) is 18.9 Å². The lowest BCUT2D eigenvalue weighted by Crippen LogP contribution is -2.31. The predicted octanol–water partition coefficient (Wildman–Crippen LogP) is 1.43. The number of carbonyl (C=O) groups excluding carboxylic acids is 1. The van der Waals surface area contributed by atoms with E-state index in [4.69, 9.17) is 11.6 Å². The molecule has 4 nitrogen and oxygen atoms in total. The van der Waals surface area contributed by atoms with Crippen LogP contribution in [0.1, 0.15) is 12.8 Å². The van der Waals surface area contributed by atoms with Crippen LogP contribution in [0.5, 0.6) is 0 Å². The molecule has 1 aliphatic heterocycles. The first-order valence-corrected chi connectivity index (χ1v) is 5.26. The van der Waals surface area contributed by atoms with Crippen LogP contribution in [-0.4, -0.2) is 23.5 Å². The Hall–Kier alpha value is -1.29. The molecule has 2 rings (SSSR count). The zero-order chi connectivity index (χ0) is 10.7. The fraction of sp³-hybridized carbons (Fsp3) is 0.400. The fourth-order valence-corrected chi connectivity index (χ4v) is 1.77. The Bertz CT molecular complexity index is 369.